The van der Waals surface area contributed by atoms with Crippen LogP contribution >= 0.6 is 15.9 Å². The van der Waals surface area contributed by atoms with E-state index in [0.717, 1.165) is 26.9 Å². The molecule has 0 bridgehead atoms. The number of halogens is 1. The van der Waals surface area contributed by atoms with Crippen LogP contribution in [0.1, 0.15) is 5.56 Å². The highest BCUT2D eigenvalue weighted by Crippen LogP contribution is 2.26. The lowest BCUT2D eigenvalue weighted by molar-refractivity contribution is 0.855. The molecule has 0 fully saturated rings. The van der Waals surface area contributed by atoms with Crippen molar-refractivity contribution >= 4 is 27.0 Å². The molecule has 0 saturated carbocycles. The zero-order valence-electron chi connectivity index (χ0n) is 11.3. The van der Waals surface area contributed by atoms with Crippen molar-refractivity contribution in [1.82, 2.24) is 9.55 Å². The molecular formula is C17H15BrN2. The summed E-state index contributed by atoms with van der Waals surface area (Å²) in [5.41, 5.74) is 4.51. The van der Waals surface area contributed by atoms with Gasteiger partial charge in [-0.3, -0.25) is 0 Å². The third-order valence-corrected chi connectivity index (χ3v) is 3.51. The number of rotatable bonds is 3. The number of aryl methyl sites for hydroxylation is 1. The number of nitrogens with zero attached hydrogens (tertiary/aromatic N) is 2. The average molecular weight is 327 g/mol. The first kappa shape index (κ1) is 13.1. The maximum absolute atomic E-state index is 4.78. The van der Waals surface area contributed by atoms with Gasteiger partial charge in [0, 0.05) is 10.0 Å². The summed E-state index contributed by atoms with van der Waals surface area (Å²) in [7, 11) is 0. The van der Waals surface area contributed by atoms with Gasteiger partial charge in [-0.2, -0.15) is 0 Å². The molecule has 0 radical (unpaired) electrons. The van der Waals surface area contributed by atoms with Crippen molar-refractivity contribution in [3.63, 3.8) is 0 Å². The molecule has 0 aliphatic rings. The number of para-hydroxylation sites is 2. The molecule has 0 amide bonds. The molecule has 0 aliphatic carbocycles. The van der Waals surface area contributed by atoms with E-state index in [-0.39, 0.29) is 0 Å². The van der Waals surface area contributed by atoms with E-state index in [1.807, 2.05) is 18.2 Å². The van der Waals surface area contributed by atoms with Crippen LogP contribution in [0.5, 0.6) is 0 Å². The van der Waals surface area contributed by atoms with Crippen molar-refractivity contribution < 1.29 is 0 Å². The van der Waals surface area contributed by atoms with E-state index in [1.165, 1.54) is 5.56 Å². The first-order chi connectivity index (χ1) is 9.65. The predicted molar refractivity (Wildman–Crippen MR) is 88.0 cm³/mol. The molecule has 0 aliphatic heterocycles. The van der Waals surface area contributed by atoms with Crippen molar-refractivity contribution in [2.45, 2.75) is 13.5 Å². The topological polar surface area (TPSA) is 17.8 Å². The van der Waals surface area contributed by atoms with Crippen molar-refractivity contribution in [1.29, 1.82) is 0 Å². The minimum atomic E-state index is 0.712. The molecule has 20 heavy (non-hydrogen) atoms. The van der Waals surface area contributed by atoms with E-state index < -0.39 is 0 Å². The van der Waals surface area contributed by atoms with Gasteiger partial charge in [-0.05, 0) is 25.1 Å². The summed E-state index contributed by atoms with van der Waals surface area (Å²) in [6, 6.07) is 16.6. The highest BCUT2D eigenvalue weighted by atomic mass is 79.9. The Hall–Kier alpha value is -1.87. The fraction of sp³-hybridized carbons (Fsp3) is 0.118. The SMILES string of the molecule is C=C(Br)Cn1c(-c2cccc(C)c2)nc2ccccc21. The number of imidazole rings is 1. The summed E-state index contributed by atoms with van der Waals surface area (Å²) < 4.78 is 3.14. The van der Waals surface area contributed by atoms with Gasteiger partial charge in [0.25, 0.3) is 0 Å². The van der Waals surface area contributed by atoms with E-state index in [0.29, 0.717) is 6.54 Å². The van der Waals surface area contributed by atoms with E-state index in [4.69, 9.17) is 4.98 Å². The summed E-state index contributed by atoms with van der Waals surface area (Å²) in [6.45, 7) is 6.77. The standard InChI is InChI=1S/C17H15BrN2/c1-12-6-5-7-14(10-12)17-19-15-8-3-4-9-16(15)20(17)11-13(2)18/h3-10H,2,11H2,1H3. The van der Waals surface area contributed by atoms with Gasteiger partial charge >= 0.3 is 0 Å². The maximum Gasteiger partial charge on any atom is 0.141 e. The Morgan fingerprint density at radius 2 is 2.00 bits per heavy atom. The summed E-state index contributed by atoms with van der Waals surface area (Å²) in [5.74, 6) is 0.982. The van der Waals surface area contributed by atoms with Crippen molar-refractivity contribution in [3.8, 4) is 11.4 Å². The van der Waals surface area contributed by atoms with Gasteiger partial charge < -0.3 is 4.57 Å². The van der Waals surface area contributed by atoms with Crippen LogP contribution < -0.4 is 0 Å². The van der Waals surface area contributed by atoms with E-state index in [9.17, 15) is 0 Å². The third-order valence-electron chi connectivity index (χ3n) is 3.26. The zero-order valence-corrected chi connectivity index (χ0v) is 12.9. The van der Waals surface area contributed by atoms with Gasteiger partial charge in [-0.15, -0.1) is 0 Å². The molecule has 3 heteroatoms. The van der Waals surface area contributed by atoms with Gasteiger partial charge in [-0.25, -0.2) is 4.98 Å². The average Bonchev–Trinajstić information content (AvgIpc) is 2.77. The van der Waals surface area contributed by atoms with E-state index in [1.54, 1.807) is 0 Å². The van der Waals surface area contributed by atoms with Crippen molar-refractivity contribution in [2.24, 2.45) is 0 Å². The van der Waals surface area contributed by atoms with Crippen molar-refractivity contribution in [2.75, 3.05) is 0 Å². The maximum atomic E-state index is 4.78. The van der Waals surface area contributed by atoms with E-state index >= 15 is 0 Å². The number of benzene rings is 2. The Morgan fingerprint density at radius 1 is 1.20 bits per heavy atom. The Labute approximate surface area is 126 Å². The fourth-order valence-electron chi connectivity index (χ4n) is 2.41. The summed E-state index contributed by atoms with van der Waals surface area (Å²) in [6.07, 6.45) is 0. The summed E-state index contributed by atoms with van der Waals surface area (Å²) in [4.78, 5) is 4.78. The molecule has 3 aromatic rings. The summed E-state index contributed by atoms with van der Waals surface area (Å²) in [5, 5.41) is 0. The molecule has 0 saturated heterocycles. The summed E-state index contributed by atoms with van der Waals surface area (Å²) >= 11 is 3.46. The first-order valence-electron chi connectivity index (χ1n) is 6.51. The molecule has 2 nitrogen and oxygen atoms in total. The molecule has 2 aromatic carbocycles. The second-order valence-corrected chi connectivity index (χ2v) is 6.02. The number of fused-ring (bicyclic) bond motifs is 1. The molecule has 1 heterocycles. The number of allylic oxidation sites excluding steroid dienone is 1. The van der Waals surface area contributed by atoms with Crippen LogP contribution in [0.25, 0.3) is 22.4 Å². The Kier molecular flexibility index (Phi) is 3.45. The number of hydrogen-bond acceptors (Lipinski definition) is 1. The molecule has 0 atom stereocenters. The molecule has 0 unspecified atom stereocenters. The normalized spacial score (nSPS) is 10.9. The largest absolute Gasteiger partial charge is 0.319 e. The Morgan fingerprint density at radius 3 is 2.75 bits per heavy atom. The lowest BCUT2D eigenvalue weighted by Crippen LogP contribution is -2.00. The first-order valence-corrected chi connectivity index (χ1v) is 7.30. The fourth-order valence-corrected chi connectivity index (χ4v) is 2.66. The number of aromatic nitrogens is 2. The second kappa shape index (κ2) is 5.25. The van der Waals surface area contributed by atoms with Gasteiger partial charge in [0.1, 0.15) is 5.82 Å². The van der Waals surface area contributed by atoms with Gasteiger partial charge in [0.2, 0.25) is 0 Å². The van der Waals surface area contributed by atoms with Crippen LogP contribution in [0.15, 0.2) is 59.6 Å². The predicted octanol–water partition coefficient (Wildman–Crippen LogP) is 4.92. The monoisotopic (exact) mass is 326 g/mol. The Bertz CT molecular complexity index is 787. The molecule has 3 rings (SSSR count). The van der Waals surface area contributed by atoms with Crippen LogP contribution in [0.3, 0.4) is 0 Å². The lowest BCUT2D eigenvalue weighted by Gasteiger charge is -2.08. The molecule has 100 valence electrons. The minimum absolute atomic E-state index is 0.712. The van der Waals surface area contributed by atoms with Crippen LogP contribution in [-0.4, -0.2) is 9.55 Å². The van der Waals surface area contributed by atoms with E-state index in [2.05, 4.69) is 64.3 Å². The second-order valence-electron chi connectivity index (χ2n) is 4.90. The highest BCUT2D eigenvalue weighted by Gasteiger charge is 2.12. The van der Waals surface area contributed by atoms with Gasteiger partial charge in [-0.1, -0.05) is 58.4 Å². The Balaban J connectivity index is 2.26. The lowest BCUT2D eigenvalue weighted by atomic mass is 10.1. The molecule has 0 spiro atoms. The molecular weight excluding hydrogens is 312 g/mol. The minimum Gasteiger partial charge on any atom is -0.319 e. The molecule has 1 aromatic heterocycles. The third kappa shape index (κ3) is 2.41. The zero-order chi connectivity index (χ0) is 14.1. The van der Waals surface area contributed by atoms with Gasteiger partial charge in [0.15, 0.2) is 0 Å². The van der Waals surface area contributed by atoms with Crippen LogP contribution in [0.4, 0.5) is 0 Å². The van der Waals surface area contributed by atoms with Crippen LogP contribution in [-0.2, 0) is 6.54 Å². The number of hydrogen-bond donors (Lipinski definition) is 0. The quantitative estimate of drug-likeness (QED) is 0.668. The van der Waals surface area contributed by atoms with Gasteiger partial charge in [0.05, 0.1) is 17.6 Å². The smallest absolute Gasteiger partial charge is 0.141 e. The van der Waals surface area contributed by atoms with Crippen molar-refractivity contribution in [3.05, 3.63) is 65.2 Å². The molecule has 0 N–H and O–H groups in total. The highest BCUT2D eigenvalue weighted by molar-refractivity contribution is 9.11. The van der Waals surface area contributed by atoms with Crippen LogP contribution in [0.2, 0.25) is 0 Å². The van der Waals surface area contributed by atoms with Crippen LogP contribution in [0, 0.1) is 6.92 Å².